The van der Waals surface area contributed by atoms with Gasteiger partial charge in [0.25, 0.3) is 0 Å². The van der Waals surface area contributed by atoms with Crippen LogP contribution in [0.2, 0.25) is 81.6 Å². The van der Waals surface area contributed by atoms with E-state index in [0.29, 0.717) is 0 Å². The summed E-state index contributed by atoms with van der Waals surface area (Å²) in [7, 11) is -5.99. The lowest BCUT2D eigenvalue weighted by molar-refractivity contribution is 0.298. The molecule has 38 heavy (non-hydrogen) atoms. The smallest absolute Gasteiger partial charge is 0.186 e. The summed E-state index contributed by atoms with van der Waals surface area (Å²) in [5.74, 6) is 0. The molecule has 0 unspecified atom stereocenters. The third-order valence-corrected chi connectivity index (χ3v) is 22.1. The van der Waals surface area contributed by atoms with Gasteiger partial charge in [-0.15, -0.1) is 0 Å². The van der Waals surface area contributed by atoms with Crippen molar-refractivity contribution in [2.24, 2.45) is 0 Å². The van der Waals surface area contributed by atoms with E-state index < -0.39 is 33.0 Å². The van der Waals surface area contributed by atoms with Crippen molar-refractivity contribution in [2.45, 2.75) is 167 Å². The van der Waals surface area contributed by atoms with Gasteiger partial charge in [-0.05, 0) is 83.1 Å². The fourth-order valence-electron chi connectivity index (χ4n) is 5.55. The first-order chi connectivity index (χ1) is 17.9. The molecule has 3 nitrogen and oxygen atoms in total. The van der Waals surface area contributed by atoms with E-state index in [1.165, 1.54) is 107 Å². The molecule has 0 atom stereocenters. The van der Waals surface area contributed by atoms with E-state index in [4.69, 9.17) is 13.3 Å². The molecule has 0 aromatic carbocycles. The maximum absolute atomic E-state index is 6.44. The molecule has 0 spiro atoms. The number of rotatable bonds is 27. The highest BCUT2D eigenvalue weighted by Gasteiger charge is 2.35. The standard InChI is InChI=1S/C30H69BrO3Si4/c1-10-13-21-32-35(4,5)24-17-28-38(27-16-20-31,29-18-25-36(6,7)33-22-14-11-2)30-19-26-37(8,9)34-23-15-12-3/h10-30H2,1-9H3. The predicted molar refractivity (Wildman–Crippen MR) is 187 cm³/mol. The zero-order chi connectivity index (χ0) is 29.0. The summed E-state index contributed by atoms with van der Waals surface area (Å²) >= 11 is 3.79. The van der Waals surface area contributed by atoms with E-state index in [0.717, 1.165) is 25.2 Å². The van der Waals surface area contributed by atoms with Gasteiger partial charge in [0, 0.05) is 25.2 Å². The highest BCUT2D eigenvalue weighted by Crippen LogP contribution is 2.36. The highest BCUT2D eigenvalue weighted by molar-refractivity contribution is 9.09. The molecule has 0 aromatic rings. The monoisotopic (exact) mass is 668 g/mol. The van der Waals surface area contributed by atoms with E-state index in [9.17, 15) is 0 Å². The normalized spacial score (nSPS) is 13.4. The third-order valence-electron chi connectivity index (χ3n) is 8.27. The second-order valence-corrected chi connectivity index (χ2v) is 32.5. The predicted octanol–water partition coefficient (Wildman–Crippen LogP) is 11.5. The van der Waals surface area contributed by atoms with Gasteiger partial charge in [-0.2, -0.15) is 0 Å². The number of unbranched alkanes of at least 4 members (excludes halogenated alkanes) is 3. The van der Waals surface area contributed by atoms with E-state index >= 15 is 0 Å². The van der Waals surface area contributed by atoms with Crippen molar-refractivity contribution in [1.29, 1.82) is 0 Å². The van der Waals surface area contributed by atoms with Crippen molar-refractivity contribution in [2.75, 3.05) is 25.2 Å². The highest BCUT2D eigenvalue weighted by atomic mass is 79.9. The molecule has 0 aliphatic heterocycles. The Morgan fingerprint density at radius 2 is 0.711 bits per heavy atom. The van der Waals surface area contributed by atoms with Crippen LogP contribution in [0.4, 0.5) is 0 Å². The zero-order valence-corrected chi connectivity index (χ0v) is 33.0. The second-order valence-electron chi connectivity index (χ2n) is 13.7. The Morgan fingerprint density at radius 1 is 0.421 bits per heavy atom. The first-order valence-electron chi connectivity index (χ1n) is 16.3. The van der Waals surface area contributed by atoms with Crippen LogP contribution >= 0.6 is 15.9 Å². The van der Waals surface area contributed by atoms with Crippen molar-refractivity contribution in [3.63, 3.8) is 0 Å². The lowest BCUT2D eigenvalue weighted by atomic mass is 10.4. The van der Waals surface area contributed by atoms with Gasteiger partial charge in [0.1, 0.15) is 0 Å². The van der Waals surface area contributed by atoms with E-state index in [-0.39, 0.29) is 0 Å². The van der Waals surface area contributed by atoms with Crippen molar-refractivity contribution in [3.8, 4) is 0 Å². The SMILES string of the molecule is CCCCO[Si](C)(C)CCC[Si](CCCBr)(CCC[Si](C)(C)OCCCC)CCC[Si](C)(C)OCCCC. The molecular formula is C30H69BrO3Si4. The van der Waals surface area contributed by atoms with E-state index in [1.54, 1.807) is 0 Å². The van der Waals surface area contributed by atoms with Gasteiger partial charge >= 0.3 is 0 Å². The number of alkyl halides is 1. The molecule has 0 heterocycles. The molecule has 0 bridgehead atoms. The van der Waals surface area contributed by atoms with Crippen LogP contribution in [0.25, 0.3) is 0 Å². The minimum Gasteiger partial charge on any atom is -0.417 e. The maximum Gasteiger partial charge on any atom is 0.186 e. The molecule has 0 N–H and O–H groups in total. The van der Waals surface area contributed by atoms with Crippen LogP contribution in [0.5, 0.6) is 0 Å². The third kappa shape index (κ3) is 21.0. The minimum absolute atomic E-state index is 0.970. The molecule has 0 saturated carbocycles. The van der Waals surface area contributed by atoms with Gasteiger partial charge in [0.2, 0.25) is 0 Å². The summed E-state index contributed by atoms with van der Waals surface area (Å²) in [6.45, 7) is 24.4. The lowest BCUT2D eigenvalue weighted by Gasteiger charge is -2.35. The molecule has 0 aliphatic carbocycles. The first-order valence-corrected chi connectivity index (χ1v) is 29.6. The lowest BCUT2D eigenvalue weighted by Crippen LogP contribution is -2.38. The molecule has 0 aliphatic rings. The summed E-state index contributed by atoms with van der Waals surface area (Å²) in [4.78, 5) is 0. The zero-order valence-electron chi connectivity index (χ0n) is 27.5. The van der Waals surface area contributed by atoms with Crippen LogP contribution in [0.15, 0.2) is 0 Å². The van der Waals surface area contributed by atoms with Crippen LogP contribution in [0.1, 0.15) is 85.0 Å². The van der Waals surface area contributed by atoms with Crippen LogP contribution in [0, 0.1) is 0 Å². The van der Waals surface area contributed by atoms with Gasteiger partial charge < -0.3 is 13.3 Å². The Bertz CT molecular complexity index is 492. The summed E-state index contributed by atoms with van der Waals surface area (Å²) in [6.07, 6.45) is 12.8. The summed E-state index contributed by atoms with van der Waals surface area (Å²) in [5, 5.41) is 1.16. The fraction of sp³-hybridized carbons (Fsp3) is 1.00. The molecule has 0 radical (unpaired) electrons. The Balaban J connectivity index is 5.33. The molecule has 0 rings (SSSR count). The van der Waals surface area contributed by atoms with Gasteiger partial charge in [-0.25, -0.2) is 0 Å². The maximum atomic E-state index is 6.44. The second kappa shape index (κ2) is 21.9. The van der Waals surface area contributed by atoms with E-state index in [1.807, 2.05) is 0 Å². The van der Waals surface area contributed by atoms with Gasteiger partial charge in [0.05, 0.1) is 8.07 Å². The number of halogens is 1. The van der Waals surface area contributed by atoms with Gasteiger partial charge in [0.15, 0.2) is 25.0 Å². The molecule has 0 aromatic heterocycles. The van der Waals surface area contributed by atoms with Crippen LogP contribution in [-0.2, 0) is 13.3 Å². The van der Waals surface area contributed by atoms with Crippen molar-refractivity contribution < 1.29 is 13.3 Å². The quantitative estimate of drug-likeness (QED) is 0.0495. The summed E-state index contributed by atoms with van der Waals surface area (Å²) in [6, 6.07) is 10.0. The molecule has 0 amide bonds. The van der Waals surface area contributed by atoms with Crippen molar-refractivity contribution in [1.82, 2.24) is 0 Å². The molecular weight excluding hydrogens is 601 g/mol. The van der Waals surface area contributed by atoms with Crippen LogP contribution in [0.3, 0.4) is 0 Å². The van der Waals surface area contributed by atoms with Crippen LogP contribution in [-0.4, -0.2) is 58.2 Å². The molecule has 8 heteroatoms. The van der Waals surface area contributed by atoms with Gasteiger partial charge in [-0.1, -0.05) is 99.4 Å². The first kappa shape index (κ1) is 39.2. The average Bonchev–Trinajstić information content (AvgIpc) is 2.82. The number of hydrogen-bond acceptors (Lipinski definition) is 3. The Morgan fingerprint density at radius 3 is 0.974 bits per heavy atom. The Kier molecular flexibility index (Phi) is 22.6. The Hall–Kier alpha value is 1.23. The summed E-state index contributed by atoms with van der Waals surface area (Å²) < 4.78 is 19.3. The van der Waals surface area contributed by atoms with Crippen molar-refractivity contribution >= 4 is 49.0 Å². The topological polar surface area (TPSA) is 27.7 Å². The van der Waals surface area contributed by atoms with Crippen LogP contribution < -0.4 is 0 Å². The largest absolute Gasteiger partial charge is 0.417 e. The molecule has 0 fully saturated rings. The van der Waals surface area contributed by atoms with E-state index in [2.05, 4.69) is 76.0 Å². The molecule has 0 saturated heterocycles. The average molecular weight is 670 g/mol. The minimum atomic E-state index is -1.54. The van der Waals surface area contributed by atoms with Crippen molar-refractivity contribution in [3.05, 3.63) is 0 Å². The number of hydrogen-bond donors (Lipinski definition) is 0. The Labute approximate surface area is 252 Å². The summed E-state index contributed by atoms with van der Waals surface area (Å²) in [5.41, 5.74) is 0. The van der Waals surface area contributed by atoms with Gasteiger partial charge in [-0.3, -0.25) is 0 Å². The fourth-order valence-corrected chi connectivity index (χ4v) is 18.2. The molecule has 230 valence electrons.